The maximum atomic E-state index is 9.78. The topological polar surface area (TPSA) is 85.9 Å². The predicted octanol–water partition coefficient (Wildman–Crippen LogP) is 0.0798. The van der Waals surface area contributed by atoms with Gasteiger partial charge in [-0.05, 0) is 19.9 Å². The van der Waals surface area contributed by atoms with E-state index in [2.05, 4.69) is 15.1 Å². The van der Waals surface area contributed by atoms with Gasteiger partial charge in [-0.1, -0.05) is 0 Å². The monoisotopic (exact) mass is 203 g/mol. The van der Waals surface area contributed by atoms with E-state index in [0.29, 0.717) is 0 Å². The molecule has 74 valence electrons. The Balaban J connectivity index is 0.000000226. The van der Waals surface area contributed by atoms with Crippen LogP contribution < -0.4 is 5.14 Å². The quantitative estimate of drug-likeness (QED) is 0.700. The van der Waals surface area contributed by atoms with Gasteiger partial charge in [0.05, 0.1) is 5.75 Å². The third kappa shape index (κ3) is 8.90. The van der Waals surface area contributed by atoms with E-state index in [1.807, 2.05) is 6.92 Å². The summed E-state index contributed by atoms with van der Waals surface area (Å²) in [5, 5.41) is 4.51. The molecule has 0 aliphatic heterocycles. The number of hydrogen-bond acceptors (Lipinski definition) is 4. The largest absolute Gasteiger partial charge is 0.242 e. The summed E-state index contributed by atoms with van der Waals surface area (Å²) in [6, 6.07) is 1.80. The Kier molecular flexibility index (Phi) is 5.17. The number of aromatic nitrogens is 2. The average molecular weight is 203 g/mol. The van der Waals surface area contributed by atoms with Gasteiger partial charge in [-0.15, -0.1) is 0 Å². The van der Waals surface area contributed by atoms with Gasteiger partial charge in [-0.25, -0.2) is 23.5 Å². The van der Waals surface area contributed by atoms with E-state index in [0.717, 1.165) is 5.82 Å². The van der Waals surface area contributed by atoms with Crippen molar-refractivity contribution >= 4 is 10.0 Å². The summed E-state index contributed by atoms with van der Waals surface area (Å²) < 4.78 is 19.6. The molecule has 0 fully saturated rings. The van der Waals surface area contributed by atoms with Crippen LogP contribution in [-0.4, -0.2) is 24.1 Å². The lowest BCUT2D eigenvalue weighted by Crippen LogP contribution is -2.13. The normalized spacial score (nSPS) is 10.1. The van der Waals surface area contributed by atoms with Crippen molar-refractivity contribution in [3.05, 3.63) is 24.3 Å². The summed E-state index contributed by atoms with van der Waals surface area (Å²) >= 11 is 0. The Morgan fingerprint density at radius 1 is 1.38 bits per heavy atom. The van der Waals surface area contributed by atoms with Crippen LogP contribution in [0.3, 0.4) is 0 Å². The Hall–Kier alpha value is -1.01. The fraction of sp³-hybridized carbons (Fsp3) is 0.429. The van der Waals surface area contributed by atoms with Crippen LogP contribution in [0.4, 0.5) is 0 Å². The second-order valence-electron chi connectivity index (χ2n) is 2.25. The molecule has 2 N–H and O–H groups in total. The van der Waals surface area contributed by atoms with Crippen molar-refractivity contribution in [2.24, 2.45) is 5.14 Å². The van der Waals surface area contributed by atoms with Crippen LogP contribution in [0.1, 0.15) is 12.7 Å². The van der Waals surface area contributed by atoms with Crippen molar-refractivity contribution in [2.75, 3.05) is 5.75 Å². The van der Waals surface area contributed by atoms with Crippen molar-refractivity contribution < 1.29 is 8.42 Å². The van der Waals surface area contributed by atoms with E-state index in [9.17, 15) is 8.42 Å². The molecule has 1 aromatic heterocycles. The van der Waals surface area contributed by atoms with Crippen LogP contribution in [-0.2, 0) is 10.0 Å². The predicted molar refractivity (Wildman–Crippen MR) is 50.4 cm³/mol. The van der Waals surface area contributed by atoms with Crippen LogP contribution in [0, 0.1) is 6.92 Å². The lowest BCUT2D eigenvalue weighted by atomic mass is 10.6. The summed E-state index contributed by atoms with van der Waals surface area (Å²) in [5.41, 5.74) is 0. The molecule has 0 amide bonds. The Bertz CT molecular complexity index is 323. The number of sulfonamides is 1. The SMILES string of the molecule is CCS(N)(=O)=O.Cc1ncccn1. The molecule has 1 aromatic rings. The van der Waals surface area contributed by atoms with Crippen LogP contribution in [0.15, 0.2) is 18.5 Å². The van der Waals surface area contributed by atoms with Gasteiger partial charge in [0.1, 0.15) is 5.82 Å². The van der Waals surface area contributed by atoms with E-state index in [1.54, 1.807) is 18.5 Å². The number of rotatable bonds is 1. The Labute approximate surface area is 78.1 Å². The fourth-order valence-electron chi connectivity index (χ4n) is 0.374. The third-order valence-corrected chi connectivity index (χ3v) is 1.90. The van der Waals surface area contributed by atoms with Gasteiger partial charge in [0.25, 0.3) is 0 Å². The number of hydrogen-bond donors (Lipinski definition) is 1. The number of aryl methyl sites for hydroxylation is 1. The van der Waals surface area contributed by atoms with E-state index < -0.39 is 10.0 Å². The molecule has 0 atom stereocenters. The highest BCUT2D eigenvalue weighted by Gasteiger charge is 1.90. The first-order valence-electron chi connectivity index (χ1n) is 3.70. The molecule has 0 bridgehead atoms. The van der Waals surface area contributed by atoms with Crippen molar-refractivity contribution in [3.63, 3.8) is 0 Å². The van der Waals surface area contributed by atoms with Gasteiger partial charge < -0.3 is 0 Å². The zero-order valence-corrected chi connectivity index (χ0v) is 8.45. The second kappa shape index (κ2) is 5.60. The smallest absolute Gasteiger partial charge is 0.208 e. The summed E-state index contributed by atoms with van der Waals surface area (Å²) in [6.07, 6.45) is 3.45. The van der Waals surface area contributed by atoms with Gasteiger partial charge >= 0.3 is 0 Å². The van der Waals surface area contributed by atoms with Gasteiger partial charge in [0.15, 0.2) is 0 Å². The van der Waals surface area contributed by atoms with E-state index in [4.69, 9.17) is 0 Å². The van der Waals surface area contributed by atoms with Crippen LogP contribution >= 0.6 is 0 Å². The molecular formula is C7H13N3O2S. The van der Waals surface area contributed by atoms with Crippen LogP contribution in [0.5, 0.6) is 0 Å². The standard InChI is InChI=1S/C5H6N2.C2H7NO2S/c1-5-6-3-2-4-7-5;1-2-6(3,4)5/h2-4H,1H3;2H2,1H3,(H2,3,4,5). The second-order valence-corrected chi connectivity index (χ2v) is 4.15. The van der Waals surface area contributed by atoms with E-state index in [-0.39, 0.29) is 5.75 Å². The first-order valence-corrected chi connectivity index (χ1v) is 5.41. The summed E-state index contributed by atoms with van der Waals surface area (Å²) in [7, 11) is -3.16. The molecule has 1 heterocycles. The molecule has 5 nitrogen and oxygen atoms in total. The van der Waals surface area contributed by atoms with Gasteiger partial charge in [-0.2, -0.15) is 0 Å². The minimum atomic E-state index is -3.16. The lowest BCUT2D eigenvalue weighted by Gasteiger charge is -1.81. The molecule has 0 radical (unpaired) electrons. The zero-order valence-electron chi connectivity index (χ0n) is 7.64. The van der Waals surface area contributed by atoms with Crippen molar-refractivity contribution in [1.29, 1.82) is 0 Å². The van der Waals surface area contributed by atoms with Gasteiger partial charge in [0.2, 0.25) is 10.0 Å². The lowest BCUT2D eigenvalue weighted by molar-refractivity contribution is 0.599. The van der Waals surface area contributed by atoms with Crippen molar-refractivity contribution in [1.82, 2.24) is 9.97 Å². The average Bonchev–Trinajstić information content (AvgIpc) is 2.06. The van der Waals surface area contributed by atoms with Gasteiger partial charge in [-0.3, -0.25) is 0 Å². The minimum absolute atomic E-state index is 0.0208. The zero-order chi connectivity index (χ0) is 10.3. The molecule has 0 saturated carbocycles. The molecule has 0 aromatic carbocycles. The minimum Gasteiger partial charge on any atom is -0.242 e. The fourth-order valence-corrected chi connectivity index (χ4v) is 0.374. The number of nitrogens with zero attached hydrogens (tertiary/aromatic N) is 2. The van der Waals surface area contributed by atoms with Gasteiger partial charge in [0, 0.05) is 12.4 Å². The molecule has 0 unspecified atom stereocenters. The molecule has 0 aliphatic carbocycles. The molecule has 0 spiro atoms. The molecule has 0 saturated heterocycles. The van der Waals surface area contributed by atoms with Crippen molar-refractivity contribution in [2.45, 2.75) is 13.8 Å². The molecule has 0 aliphatic rings. The highest BCUT2D eigenvalue weighted by atomic mass is 32.2. The Morgan fingerprint density at radius 2 is 1.77 bits per heavy atom. The van der Waals surface area contributed by atoms with Crippen LogP contribution in [0.2, 0.25) is 0 Å². The third-order valence-electron chi connectivity index (χ3n) is 1.10. The maximum absolute atomic E-state index is 9.78. The van der Waals surface area contributed by atoms with E-state index in [1.165, 1.54) is 6.92 Å². The molecular weight excluding hydrogens is 190 g/mol. The number of nitrogens with two attached hydrogens (primary N) is 1. The summed E-state index contributed by atoms with van der Waals surface area (Å²) in [6.45, 7) is 3.36. The molecule has 1 rings (SSSR count). The highest BCUT2D eigenvalue weighted by molar-refractivity contribution is 7.89. The molecule has 13 heavy (non-hydrogen) atoms. The van der Waals surface area contributed by atoms with E-state index >= 15 is 0 Å². The first-order chi connectivity index (χ1) is 5.95. The first kappa shape index (κ1) is 12.0. The summed E-state index contributed by atoms with van der Waals surface area (Å²) in [5.74, 6) is 0.843. The highest BCUT2D eigenvalue weighted by Crippen LogP contribution is 1.78. The van der Waals surface area contributed by atoms with Crippen molar-refractivity contribution in [3.8, 4) is 0 Å². The Morgan fingerprint density at radius 3 is 1.92 bits per heavy atom. The van der Waals surface area contributed by atoms with Crippen LogP contribution in [0.25, 0.3) is 0 Å². The maximum Gasteiger partial charge on any atom is 0.208 e. The summed E-state index contributed by atoms with van der Waals surface area (Å²) in [4.78, 5) is 7.74. The number of primary sulfonamides is 1. The molecule has 6 heteroatoms.